The lowest BCUT2D eigenvalue weighted by molar-refractivity contribution is -0.112. The highest BCUT2D eigenvalue weighted by Crippen LogP contribution is 2.30. The molecule has 23 heavy (non-hydrogen) atoms. The van der Waals surface area contributed by atoms with Gasteiger partial charge in [0.2, 0.25) is 11.6 Å². The van der Waals surface area contributed by atoms with Crippen LogP contribution in [0.5, 0.6) is 0 Å². The third-order valence-electron chi connectivity index (χ3n) is 4.25. The lowest BCUT2D eigenvalue weighted by Gasteiger charge is -2.21. The number of rotatable bonds is 5. The van der Waals surface area contributed by atoms with Gasteiger partial charge in [-0.1, -0.05) is 32.1 Å². The molecule has 0 saturated heterocycles. The number of carbonyl (C=O) groups is 3. The number of aryl methyl sites for hydroxylation is 1. The number of allylic oxidation sites excluding steroid dienone is 3. The molecular weight excluding hydrogens is 288 g/mol. The van der Waals surface area contributed by atoms with Gasteiger partial charge in [-0.25, -0.2) is 0 Å². The standard InChI is InChI=1S/C20H22O3/c1-12(2)17-10-15-9-8-14(4)16(7-5-6-13(3)11-21)18(15)20(23)19(17)22/h6,8-12H,5,7H2,1-4H3/b13-6+. The van der Waals surface area contributed by atoms with Gasteiger partial charge >= 0.3 is 0 Å². The Bertz CT molecular complexity index is 733. The van der Waals surface area contributed by atoms with Crippen molar-refractivity contribution in [2.45, 2.75) is 40.5 Å². The van der Waals surface area contributed by atoms with Crippen molar-refractivity contribution in [1.82, 2.24) is 0 Å². The van der Waals surface area contributed by atoms with Gasteiger partial charge < -0.3 is 0 Å². The minimum absolute atomic E-state index is 0.0301. The molecule has 0 saturated carbocycles. The first-order chi connectivity index (χ1) is 10.9. The fourth-order valence-corrected chi connectivity index (χ4v) is 2.88. The Morgan fingerprint density at radius 1 is 1.17 bits per heavy atom. The highest BCUT2D eigenvalue weighted by Gasteiger charge is 2.31. The normalized spacial score (nSPS) is 14.8. The third-order valence-corrected chi connectivity index (χ3v) is 4.25. The summed E-state index contributed by atoms with van der Waals surface area (Å²) in [4.78, 5) is 35.6. The summed E-state index contributed by atoms with van der Waals surface area (Å²) in [5.74, 6) is -0.762. The first kappa shape index (κ1) is 17.1. The van der Waals surface area contributed by atoms with Crippen LogP contribution in [0.15, 0.2) is 29.4 Å². The van der Waals surface area contributed by atoms with Gasteiger partial charge in [-0.3, -0.25) is 14.4 Å². The molecule has 0 spiro atoms. The molecule has 3 heteroatoms. The number of carbonyl (C=O) groups excluding carboxylic acids is 3. The molecule has 120 valence electrons. The van der Waals surface area contributed by atoms with Crippen LogP contribution in [0.2, 0.25) is 0 Å². The van der Waals surface area contributed by atoms with Gasteiger partial charge in [0.1, 0.15) is 6.29 Å². The minimum atomic E-state index is -0.402. The Balaban J connectivity index is 2.48. The van der Waals surface area contributed by atoms with E-state index >= 15 is 0 Å². The summed E-state index contributed by atoms with van der Waals surface area (Å²) in [5, 5.41) is 0. The fourth-order valence-electron chi connectivity index (χ4n) is 2.88. The molecule has 0 unspecified atom stereocenters. The van der Waals surface area contributed by atoms with Crippen LogP contribution in [0.25, 0.3) is 6.08 Å². The maximum absolute atomic E-state index is 12.6. The van der Waals surface area contributed by atoms with Crippen LogP contribution in [0.3, 0.4) is 0 Å². The second kappa shape index (κ2) is 6.86. The SMILES string of the molecule is C/C(C=O)=C\CCc1c(C)ccc2c1C(=O)C(=O)C(C(C)C)=C2. The second-order valence-electron chi connectivity index (χ2n) is 6.34. The number of Topliss-reactive ketones (excluding diaryl/α,β-unsaturated/α-hetero) is 2. The first-order valence-electron chi connectivity index (χ1n) is 7.91. The largest absolute Gasteiger partial charge is 0.298 e. The average Bonchev–Trinajstić information content (AvgIpc) is 2.52. The van der Waals surface area contributed by atoms with Gasteiger partial charge in [0, 0.05) is 11.1 Å². The summed E-state index contributed by atoms with van der Waals surface area (Å²) in [6, 6.07) is 3.90. The molecule has 0 N–H and O–H groups in total. The monoisotopic (exact) mass is 310 g/mol. The summed E-state index contributed by atoms with van der Waals surface area (Å²) >= 11 is 0. The molecule has 1 aromatic carbocycles. The van der Waals surface area contributed by atoms with Crippen molar-refractivity contribution in [1.29, 1.82) is 0 Å². The van der Waals surface area contributed by atoms with Crippen molar-refractivity contribution < 1.29 is 14.4 Å². The molecule has 0 atom stereocenters. The predicted molar refractivity (Wildman–Crippen MR) is 91.5 cm³/mol. The van der Waals surface area contributed by atoms with E-state index in [0.29, 0.717) is 29.6 Å². The Hall–Kier alpha value is -2.29. The number of hydrogen-bond donors (Lipinski definition) is 0. The van der Waals surface area contributed by atoms with Crippen LogP contribution in [0, 0.1) is 12.8 Å². The van der Waals surface area contributed by atoms with Crippen LogP contribution < -0.4 is 0 Å². The van der Waals surface area contributed by atoms with Gasteiger partial charge in [0.25, 0.3) is 0 Å². The molecular formula is C20H22O3. The van der Waals surface area contributed by atoms with E-state index in [1.807, 2.05) is 45.1 Å². The molecule has 0 fully saturated rings. The third kappa shape index (κ3) is 3.39. The van der Waals surface area contributed by atoms with E-state index in [2.05, 4.69) is 0 Å². The minimum Gasteiger partial charge on any atom is -0.298 e. The molecule has 0 radical (unpaired) electrons. The second-order valence-corrected chi connectivity index (χ2v) is 6.34. The summed E-state index contributed by atoms with van der Waals surface area (Å²) < 4.78 is 0. The predicted octanol–water partition coefficient (Wildman–Crippen LogP) is 3.88. The van der Waals surface area contributed by atoms with Crippen LogP contribution in [0.4, 0.5) is 0 Å². The Morgan fingerprint density at radius 2 is 1.87 bits per heavy atom. The van der Waals surface area contributed by atoms with Gasteiger partial charge in [0.15, 0.2) is 0 Å². The summed E-state index contributed by atoms with van der Waals surface area (Å²) in [5.41, 5.74) is 4.54. The van der Waals surface area contributed by atoms with Gasteiger partial charge in [-0.05, 0) is 60.9 Å². The van der Waals surface area contributed by atoms with Crippen LogP contribution in [-0.4, -0.2) is 17.9 Å². The fraction of sp³-hybridized carbons (Fsp3) is 0.350. The number of benzene rings is 1. The summed E-state index contributed by atoms with van der Waals surface area (Å²) in [6.45, 7) is 7.55. The zero-order chi connectivity index (χ0) is 17.1. The van der Waals surface area contributed by atoms with Crippen LogP contribution in [0.1, 0.15) is 54.2 Å². The van der Waals surface area contributed by atoms with E-state index in [0.717, 1.165) is 23.0 Å². The van der Waals surface area contributed by atoms with Gasteiger partial charge in [0.05, 0.1) is 0 Å². The molecule has 3 nitrogen and oxygen atoms in total. The van der Waals surface area contributed by atoms with Crippen molar-refractivity contribution in [2.24, 2.45) is 5.92 Å². The van der Waals surface area contributed by atoms with E-state index in [1.54, 1.807) is 6.92 Å². The van der Waals surface area contributed by atoms with E-state index in [4.69, 9.17) is 0 Å². The van der Waals surface area contributed by atoms with Crippen molar-refractivity contribution >= 4 is 23.9 Å². The lowest BCUT2D eigenvalue weighted by atomic mass is 9.81. The molecule has 0 aromatic heterocycles. The highest BCUT2D eigenvalue weighted by atomic mass is 16.2. The Morgan fingerprint density at radius 3 is 2.48 bits per heavy atom. The highest BCUT2D eigenvalue weighted by molar-refractivity contribution is 6.52. The van der Waals surface area contributed by atoms with E-state index in [-0.39, 0.29) is 11.7 Å². The lowest BCUT2D eigenvalue weighted by Crippen LogP contribution is -2.25. The topological polar surface area (TPSA) is 51.2 Å². The summed E-state index contributed by atoms with van der Waals surface area (Å²) in [6.07, 6.45) is 5.84. The van der Waals surface area contributed by atoms with Crippen LogP contribution >= 0.6 is 0 Å². The summed E-state index contributed by atoms with van der Waals surface area (Å²) in [7, 11) is 0. The Labute approximate surface area is 137 Å². The van der Waals surface area contributed by atoms with Crippen LogP contribution in [-0.2, 0) is 16.0 Å². The molecule has 1 aromatic rings. The quantitative estimate of drug-likeness (QED) is 0.471. The molecule has 0 aliphatic heterocycles. The molecule has 2 rings (SSSR count). The molecule has 0 amide bonds. The van der Waals surface area contributed by atoms with Crippen molar-refractivity contribution in [3.63, 3.8) is 0 Å². The zero-order valence-corrected chi connectivity index (χ0v) is 14.1. The molecule has 1 aliphatic rings. The molecule has 1 aliphatic carbocycles. The maximum Gasteiger partial charge on any atom is 0.234 e. The zero-order valence-electron chi connectivity index (χ0n) is 14.1. The number of hydrogen-bond acceptors (Lipinski definition) is 3. The Kier molecular flexibility index (Phi) is 5.09. The van der Waals surface area contributed by atoms with E-state index < -0.39 is 5.78 Å². The van der Waals surface area contributed by atoms with Gasteiger partial charge in [-0.15, -0.1) is 0 Å². The first-order valence-corrected chi connectivity index (χ1v) is 7.91. The van der Waals surface area contributed by atoms with Crippen molar-refractivity contribution in [3.05, 3.63) is 51.6 Å². The van der Waals surface area contributed by atoms with E-state index in [9.17, 15) is 14.4 Å². The maximum atomic E-state index is 12.6. The van der Waals surface area contributed by atoms with Crippen molar-refractivity contribution in [3.8, 4) is 0 Å². The number of fused-ring (bicyclic) bond motifs is 1. The number of aldehydes is 1. The molecule has 0 heterocycles. The van der Waals surface area contributed by atoms with Crippen molar-refractivity contribution in [2.75, 3.05) is 0 Å². The smallest absolute Gasteiger partial charge is 0.234 e. The molecule has 0 bridgehead atoms. The number of ketones is 2. The average molecular weight is 310 g/mol. The van der Waals surface area contributed by atoms with Gasteiger partial charge in [-0.2, -0.15) is 0 Å². The van der Waals surface area contributed by atoms with E-state index in [1.165, 1.54) is 0 Å².